The topological polar surface area (TPSA) is 32.3 Å². The van der Waals surface area contributed by atoms with E-state index in [4.69, 9.17) is 0 Å². The maximum absolute atomic E-state index is 12.7. The van der Waals surface area contributed by atoms with Crippen LogP contribution in [-0.4, -0.2) is 43.2 Å². The minimum atomic E-state index is -4.18. The molecule has 0 aromatic carbocycles. The molecule has 2 fully saturated rings. The SMILES string of the molecule is CC(C(=O)N1CCCC(C(F)(F)F)C1)C1CNC1.Cl. The van der Waals surface area contributed by atoms with Crippen LogP contribution in [0.25, 0.3) is 0 Å². The Bertz CT molecular complexity index is 321. The Morgan fingerprint density at radius 1 is 1.37 bits per heavy atom. The molecule has 0 aromatic heterocycles. The number of amides is 1. The second-order valence-electron chi connectivity index (χ2n) is 5.37. The van der Waals surface area contributed by atoms with Gasteiger partial charge in [-0.25, -0.2) is 0 Å². The van der Waals surface area contributed by atoms with Gasteiger partial charge in [-0.15, -0.1) is 12.4 Å². The average Bonchev–Trinajstić information content (AvgIpc) is 2.24. The highest BCUT2D eigenvalue weighted by molar-refractivity contribution is 5.85. The van der Waals surface area contributed by atoms with Crippen molar-refractivity contribution in [1.29, 1.82) is 0 Å². The molecule has 19 heavy (non-hydrogen) atoms. The van der Waals surface area contributed by atoms with Gasteiger partial charge in [0.15, 0.2) is 0 Å². The van der Waals surface area contributed by atoms with E-state index in [1.54, 1.807) is 0 Å². The van der Waals surface area contributed by atoms with Gasteiger partial charge in [0.05, 0.1) is 5.92 Å². The summed E-state index contributed by atoms with van der Waals surface area (Å²) in [6.07, 6.45) is -3.58. The molecule has 1 N–H and O–H groups in total. The Labute approximate surface area is 117 Å². The Hall–Kier alpha value is -0.490. The number of likely N-dealkylation sites (tertiary alicyclic amines) is 1. The number of carbonyl (C=O) groups is 1. The highest BCUT2D eigenvalue weighted by Crippen LogP contribution is 2.34. The molecular formula is C12H20ClF3N2O. The second kappa shape index (κ2) is 6.31. The largest absolute Gasteiger partial charge is 0.393 e. The van der Waals surface area contributed by atoms with Crippen molar-refractivity contribution in [3.63, 3.8) is 0 Å². The van der Waals surface area contributed by atoms with Crippen LogP contribution in [0, 0.1) is 17.8 Å². The van der Waals surface area contributed by atoms with Gasteiger partial charge < -0.3 is 10.2 Å². The molecule has 2 atom stereocenters. The standard InChI is InChI=1S/C12H19F3N2O.ClH/c1-8(9-5-16-6-9)11(18)17-4-2-3-10(7-17)12(13,14)15;/h8-10,16H,2-7H2,1H3;1H. The van der Waals surface area contributed by atoms with Gasteiger partial charge in [0, 0.05) is 19.0 Å². The fraction of sp³-hybridized carbons (Fsp3) is 0.917. The van der Waals surface area contributed by atoms with Crippen molar-refractivity contribution in [2.24, 2.45) is 17.8 Å². The zero-order valence-electron chi connectivity index (χ0n) is 10.9. The zero-order chi connectivity index (χ0) is 13.3. The smallest absolute Gasteiger partial charge is 0.342 e. The van der Waals surface area contributed by atoms with E-state index in [-0.39, 0.29) is 43.1 Å². The quantitative estimate of drug-likeness (QED) is 0.847. The maximum Gasteiger partial charge on any atom is 0.393 e. The summed E-state index contributed by atoms with van der Waals surface area (Å²) in [5.41, 5.74) is 0. The molecule has 2 unspecified atom stereocenters. The summed E-state index contributed by atoms with van der Waals surface area (Å²) < 4.78 is 38.0. The van der Waals surface area contributed by atoms with Gasteiger partial charge in [-0.05, 0) is 31.8 Å². The minimum absolute atomic E-state index is 0. The average molecular weight is 301 g/mol. The van der Waals surface area contributed by atoms with Crippen LogP contribution < -0.4 is 5.32 Å². The van der Waals surface area contributed by atoms with Crippen LogP contribution in [0.2, 0.25) is 0 Å². The fourth-order valence-corrected chi connectivity index (χ4v) is 2.60. The molecule has 3 nitrogen and oxygen atoms in total. The summed E-state index contributed by atoms with van der Waals surface area (Å²) >= 11 is 0. The summed E-state index contributed by atoms with van der Waals surface area (Å²) in [7, 11) is 0. The normalized spacial score (nSPS) is 26.3. The van der Waals surface area contributed by atoms with E-state index in [0.29, 0.717) is 13.0 Å². The Morgan fingerprint density at radius 3 is 2.47 bits per heavy atom. The van der Waals surface area contributed by atoms with E-state index in [0.717, 1.165) is 13.1 Å². The van der Waals surface area contributed by atoms with E-state index in [2.05, 4.69) is 5.32 Å². The van der Waals surface area contributed by atoms with Crippen LogP contribution in [0.3, 0.4) is 0 Å². The van der Waals surface area contributed by atoms with Crippen LogP contribution in [-0.2, 0) is 4.79 Å². The molecule has 7 heteroatoms. The molecule has 1 amide bonds. The molecule has 0 bridgehead atoms. The fourth-order valence-electron chi connectivity index (χ4n) is 2.60. The third-order valence-electron chi connectivity index (χ3n) is 4.11. The van der Waals surface area contributed by atoms with E-state index in [1.807, 2.05) is 6.92 Å². The second-order valence-corrected chi connectivity index (χ2v) is 5.37. The summed E-state index contributed by atoms with van der Waals surface area (Å²) in [4.78, 5) is 13.5. The highest BCUT2D eigenvalue weighted by Gasteiger charge is 2.43. The first-order chi connectivity index (χ1) is 8.39. The molecule has 0 saturated carbocycles. The molecule has 2 heterocycles. The maximum atomic E-state index is 12.7. The summed E-state index contributed by atoms with van der Waals surface area (Å²) in [6, 6.07) is 0. The number of nitrogens with zero attached hydrogens (tertiary/aromatic N) is 1. The number of piperidine rings is 1. The highest BCUT2D eigenvalue weighted by atomic mass is 35.5. The van der Waals surface area contributed by atoms with Gasteiger partial charge in [0.2, 0.25) is 5.91 Å². The predicted molar refractivity (Wildman–Crippen MR) is 68.1 cm³/mol. The van der Waals surface area contributed by atoms with E-state index < -0.39 is 12.1 Å². The van der Waals surface area contributed by atoms with Gasteiger partial charge in [-0.1, -0.05) is 6.92 Å². The molecule has 2 aliphatic rings. The molecule has 0 radical (unpaired) electrons. The number of hydrogen-bond donors (Lipinski definition) is 1. The predicted octanol–water partition coefficient (Wildman–Crippen LogP) is 2.06. The van der Waals surface area contributed by atoms with Crippen molar-refractivity contribution in [2.45, 2.75) is 25.9 Å². The minimum Gasteiger partial charge on any atom is -0.342 e. The van der Waals surface area contributed by atoms with Crippen molar-refractivity contribution in [3.05, 3.63) is 0 Å². The third kappa shape index (κ3) is 3.75. The number of hydrogen-bond acceptors (Lipinski definition) is 2. The zero-order valence-corrected chi connectivity index (χ0v) is 11.7. The Kier molecular flexibility index (Phi) is 5.50. The molecular weight excluding hydrogens is 281 g/mol. The molecule has 0 aromatic rings. The van der Waals surface area contributed by atoms with Crippen LogP contribution in [0.1, 0.15) is 19.8 Å². The van der Waals surface area contributed by atoms with E-state index in [9.17, 15) is 18.0 Å². The van der Waals surface area contributed by atoms with Gasteiger partial charge in [-0.3, -0.25) is 4.79 Å². The lowest BCUT2D eigenvalue weighted by molar-refractivity contribution is -0.189. The monoisotopic (exact) mass is 300 g/mol. The Morgan fingerprint density at radius 2 is 2.00 bits per heavy atom. The first-order valence-electron chi connectivity index (χ1n) is 6.46. The van der Waals surface area contributed by atoms with Crippen molar-refractivity contribution in [3.8, 4) is 0 Å². The van der Waals surface area contributed by atoms with Gasteiger partial charge in [0.1, 0.15) is 0 Å². The lowest BCUT2D eigenvalue weighted by Crippen LogP contribution is -2.52. The van der Waals surface area contributed by atoms with Gasteiger partial charge in [-0.2, -0.15) is 13.2 Å². The molecule has 0 spiro atoms. The van der Waals surface area contributed by atoms with Gasteiger partial charge >= 0.3 is 6.18 Å². The van der Waals surface area contributed by atoms with Crippen LogP contribution in [0.5, 0.6) is 0 Å². The molecule has 0 aliphatic carbocycles. The number of carbonyl (C=O) groups excluding carboxylic acids is 1. The summed E-state index contributed by atoms with van der Waals surface area (Å²) in [5.74, 6) is -1.35. The van der Waals surface area contributed by atoms with Crippen LogP contribution in [0.4, 0.5) is 13.2 Å². The van der Waals surface area contributed by atoms with Crippen molar-refractivity contribution < 1.29 is 18.0 Å². The summed E-state index contributed by atoms with van der Waals surface area (Å²) in [6.45, 7) is 3.72. The number of halogens is 4. The van der Waals surface area contributed by atoms with Crippen molar-refractivity contribution >= 4 is 18.3 Å². The molecule has 112 valence electrons. The van der Waals surface area contributed by atoms with Crippen LogP contribution in [0.15, 0.2) is 0 Å². The number of nitrogens with one attached hydrogen (secondary N) is 1. The van der Waals surface area contributed by atoms with Crippen LogP contribution >= 0.6 is 12.4 Å². The lowest BCUT2D eigenvalue weighted by atomic mass is 9.87. The molecule has 2 aliphatic heterocycles. The molecule has 2 saturated heterocycles. The van der Waals surface area contributed by atoms with Crippen molar-refractivity contribution in [1.82, 2.24) is 10.2 Å². The van der Waals surface area contributed by atoms with E-state index in [1.165, 1.54) is 4.90 Å². The molecule has 2 rings (SSSR count). The first kappa shape index (κ1) is 16.6. The van der Waals surface area contributed by atoms with E-state index >= 15 is 0 Å². The number of alkyl halides is 3. The first-order valence-corrected chi connectivity index (χ1v) is 6.46. The van der Waals surface area contributed by atoms with Crippen molar-refractivity contribution in [2.75, 3.05) is 26.2 Å². The number of rotatable bonds is 2. The third-order valence-corrected chi connectivity index (χ3v) is 4.11. The Balaban J connectivity index is 0.00000180. The summed E-state index contributed by atoms with van der Waals surface area (Å²) in [5, 5.41) is 3.08. The van der Waals surface area contributed by atoms with Gasteiger partial charge in [0.25, 0.3) is 0 Å². The lowest BCUT2D eigenvalue weighted by Gasteiger charge is -2.38.